The summed E-state index contributed by atoms with van der Waals surface area (Å²) in [6.45, 7) is 0.208. The second-order valence-corrected chi connectivity index (χ2v) is 1.08. The van der Waals surface area contributed by atoms with Gasteiger partial charge in [-0.25, -0.2) is 0 Å². The lowest BCUT2D eigenvalue weighted by atomic mass is 10.8. The molecule has 0 aliphatic rings. The number of hydrogen-bond acceptors (Lipinski definition) is 3. The maximum Gasteiger partial charge on any atom is 0.145 e. The molecular formula is C4H9ClO3. The number of rotatable bonds is 2. The van der Waals surface area contributed by atoms with Gasteiger partial charge in [-0.3, -0.25) is 4.29 Å². The number of carbonyl (C=O) groups excluding carboxylic acids is 1. The molecule has 0 aromatic heterocycles. The van der Waals surface area contributed by atoms with Crippen molar-refractivity contribution in [3.8, 4) is 0 Å². The molecule has 0 bridgehead atoms. The molecule has 0 N–H and O–H groups in total. The number of carbonyl (C=O) groups is 1. The second kappa shape index (κ2) is 15.8. The van der Waals surface area contributed by atoms with Crippen LogP contribution < -0.4 is 0 Å². The predicted octanol–water partition coefficient (Wildman–Crippen LogP) is 0.618. The normalized spacial score (nSPS) is 6.88. The number of methoxy groups -OCH3 is 1. The third kappa shape index (κ3) is 39.6. The monoisotopic (exact) mass is 140 g/mol. The van der Waals surface area contributed by atoms with Gasteiger partial charge in [-0.05, 0) is 0 Å². The number of halogens is 1. The van der Waals surface area contributed by atoms with E-state index in [-0.39, 0.29) is 6.61 Å². The van der Waals surface area contributed by atoms with E-state index in [0.717, 1.165) is 0 Å². The third-order valence-electron chi connectivity index (χ3n) is 0.235. The molecule has 0 atom stereocenters. The van der Waals surface area contributed by atoms with E-state index in [1.807, 2.05) is 0 Å². The summed E-state index contributed by atoms with van der Waals surface area (Å²) < 4.78 is 8.05. The van der Waals surface area contributed by atoms with Gasteiger partial charge in [0.25, 0.3) is 0 Å². The Hall–Kier alpha value is -0.120. The predicted molar refractivity (Wildman–Crippen MR) is 30.8 cm³/mol. The molecule has 0 amide bonds. The fourth-order valence-electron chi connectivity index (χ4n) is 0.0680. The Balaban J connectivity index is 0. The van der Waals surface area contributed by atoms with Gasteiger partial charge >= 0.3 is 0 Å². The lowest BCUT2D eigenvalue weighted by Gasteiger charge is -1.76. The van der Waals surface area contributed by atoms with Gasteiger partial charge < -0.3 is 9.53 Å². The summed E-state index contributed by atoms with van der Waals surface area (Å²) in [5.74, 6) is 0. The fraction of sp³-hybridized carbons (Fsp3) is 0.750. The molecule has 0 aliphatic heterocycles. The molecule has 0 saturated carbocycles. The summed E-state index contributed by atoms with van der Waals surface area (Å²) in [4.78, 5) is 9.28. The van der Waals surface area contributed by atoms with Crippen molar-refractivity contribution in [2.24, 2.45) is 0 Å². The maximum atomic E-state index is 9.28. The summed E-state index contributed by atoms with van der Waals surface area (Å²) in [6.07, 6.45) is 0.708. The summed E-state index contributed by atoms with van der Waals surface area (Å²) in [5, 5.41) is 0. The van der Waals surface area contributed by atoms with Crippen molar-refractivity contribution in [2.75, 3.05) is 20.8 Å². The van der Waals surface area contributed by atoms with Crippen LogP contribution in [-0.2, 0) is 13.8 Å². The minimum Gasteiger partial charge on any atom is -0.377 e. The zero-order valence-electron chi connectivity index (χ0n) is 4.89. The van der Waals surface area contributed by atoms with E-state index in [0.29, 0.717) is 6.29 Å². The maximum absolute atomic E-state index is 9.28. The Bertz CT molecular complexity index is 40.3. The molecule has 50 valence electrons. The molecule has 0 aromatic rings. The molecule has 0 aromatic carbocycles. The van der Waals surface area contributed by atoms with Crippen LogP contribution in [0.15, 0.2) is 0 Å². The molecule has 0 fully saturated rings. The van der Waals surface area contributed by atoms with Crippen molar-refractivity contribution < 1.29 is 13.8 Å². The molecule has 0 unspecified atom stereocenters. The second-order valence-electron chi connectivity index (χ2n) is 0.776. The topological polar surface area (TPSA) is 35.5 Å². The van der Waals surface area contributed by atoms with Gasteiger partial charge in [-0.1, -0.05) is 0 Å². The molecule has 0 heterocycles. The van der Waals surface area contributed by atoms with Crippen LogP contribution in [0.5, 0.6) is 0 Å². The van der Waals surface area contributed by atoms with Crippen molar-refractivity contribution in [3.05, 3.63) is 0 Å². The van der Waals surface area contributed by atoms with Crippen LogP contribution in [0.3, 0.4) is 0 Å². The first-order valence-electron chi connectivity index (χ1n) is 1.90. The highest BCUT2D eigenvalue weighted by atomic mass is 35.5. The third-order valence-corrected chi connectivity index (χ3v) is 0.235. The van der Waals surface area contributed by atoms with Crippen molar-refractivity contribution in [1.29, 1.82) is 0 Å². The minimum absolute atomic E-state index is 0.208. The zero-order chi connectivity index (χ0) is 6.83. The number of ether oxygens (including phenoxy) is 1. The number of aldehydes is 1. The van der Waals surface area contributed by atoms with Crippen molar-refractivity contribution in [1.82, 2.24) is 0 Å². The Morgan fingerprint density at radius 1 is 1.62 bits per heavy atom. The van der Waals surface area contributed by atoms with E-state index in [2.05, 4.69) is 20.9 Å². The SMILES string of the molecule is COCC=O.COCl. The molecule has 0 radical (unpaired) electrons. The summed E-state index contributed by atoms with van der Waals surface area (Å²) >= 11 is 4.50. The van der Waals surface area contributed by atoms with Crippen LogP contribution >= 0.6 is 11.9 Å². The lowest BCUT2D eigenvalue weighted by molar-refractivity contribution is -0.110. The molecule has 0 aliphatic carbocycles. The number of hydrogen-bond donors (Lipinski definition) is 0. The lowest BCUT2D eigenvalue weighted by Crippen LogP contribution is -1.84. The quantitative estimate of drug-likeness (QED) is 0.528. The highest BCUT2D eigenvalue weighted by Gasteiger charge is 1.64. The summed E-state index contributed by atoms with van der Waals surface area (Å²) in [5.41, 5.74) is 0. The molecule has 4 heteroatoms. The summed E-state index contributed by atoms with van der Waals surface area (Å²) in [7, 11) is 2.87. The van der Waals surface area contributed by atoms with Gasteiger partial charge in [-0.15, -0.1) is 0 Å². The molecule has 0 rings (SSSR count). The van der Waals surface area contributed by atoms with Crippen LogP contribution in [0, 0.1) is 0 Å². The fourth-order valence-corrected chi connectivity index (χ4v) is 0.0680. The Morgan fingerprint density at radius 2 is 2.00 bits per heavy atom. The van der Waals surface area contributed by atoms with Crippen molar-refractivity contribution in [2.45, 2.75) is 0 Å². The minimum atomic E-state index is 0.208. The Labute approximate surface area is 53.7 Å². The average molecular weight is 141 g/mol. The van der Waals surface area contributed by atoms with E-state index in [1.165, 1.54) is 14.2 Å². The van der Waals surface area contributed by atoms with Crippen LogP contribution in [0.25, 0.3) is 0 Å². The van der Waals surface area contributed by atoms with Crippen LogP contribution in [0.1, 0.15) is 0 Å². The van der Waals surface area contributed by atoms with E-state index in [9.17, 15) is 4.79 Å². The van der Waals surface area contributed by atoms with Gasteiger partial charge in [-0.2, -0.15) is 0 Å². The van der Waals surface area contributed by atoms with Crippen LogP contribution in [0.2, 0.25) is 0 Å². The van der Waals surface area contributed by atoms with Gasteiger partial charge in [0.05, 0.1) is 19.0 Å². The van der Waals surface area contributed by atoms with Crippen LogP contribution in [0.4, 0.5) is 0 Å². The van der Waals surface area contributed by atoms with E-state index in [1.54, 1.807) is 0 Å². The van der Waals surface area contributed by atoms with E-state index < -0.39 is 0 Å². The standard InChI is InChI=1S/C3H6O2.CH3ClO/c1-5-3-2-4;1-3-2/h2H,3H2,1H3;1H3. The summed E-state index contributed by atoms with van der Waals surface area (Å²) in [6, 6.07) is 0. The highest BCUT2D eigenvalue weighted by molar-refractivity contribution is 6.07. The van der Waals surface area contributed by atoms with Crippen molar-refractivity contribution in [3.63, 3.8) is 0 Å². The molecule has 0 saturated heterocycles. The van der Waals surface area contributed by atoms with Crippen LogP contribution in [-0.4, -0.2) is 27.1 Å². The van der Waals surface area contributed by atoms with Gasteiger partial charge in [0.2, 0.25) is 0 Å². The first-order valence-corrected chi connectivity index (χ1v) is 2.21. The average Bonchev–Trinajstić information content (AvgIpc) is 1.71. The largest absolute Gasteiger partial charge is 0.377 e. The zero-order valence-corrected chi connectivity index (χ0v) is 5.64. The molecule has 3 nitrogen and oxygen atoms in total. The Morgan fingerprint density at radius 3 is 2.00 bits per heavy atom. The first-order chi connectivity index (χ1) is 3.83. The van der Waals surface area contributed by atoms with E-state index in [4.69, 9.17) is 0 Å². The van der Waals surface area contributed by atoms with Crippen molar-refractivity contribution >= 4 is 18.2 Å². The first kappa shape index (κ1) is 10.8. The smallest absolute Gasteiger partial charge is 0.145 e. The molecule has 8 heavy (non-hydrogen) atoms. The Kier molecular flexibility index (Phi) is 21.3. The van der Waals surface area contributed by atoms with Gasteiger partial charge in [0.1, 0.15) is 12.9 Å². The van der Waals surface area contributed by atoms with Gasteiger partial charge in [0.15, 0.2) is 0 Å². The molecule has 0 spiro atoms. The highest BCUT2D eigenvalue weighted by Crippen LogP contribution is 1.59. The molecular weight excluding hydrogens is 131 g/mol. The van der Waals surface area contributed by atoms with Gasteiger partial charge in [0, 0.05) is 7.11 Å². The van der Waals surface area contributed by atoms with E-state index >= 15 is 0 Å².